The Kier molecular flexibility index (Phi) is 4.64. The first-order valence-corrected chi connectivity index (χ1v) is 11.2. The number of aromatic amines is 1. The van der Waals surface area contributed by atoms with E-state index in [4.69, 9.17) is 13.9 Å². The normalized spacial score (nSPS) is 17.6. The van der Waals surface area contributed by atoms with Crippen molar-refractivity contribution in [3.8, 4) is 33.5 Å². The van der Waals surface area contributed by atoms with Crippen molar-refractivity contribution < 1.29 is 18.7 Å². The number of ether oxygens (including phenoxy) is 2. The van der Waals surface area contributed by atoms with Crippen molar-refractivity contribution in [1.82, 2.24) is 25.3 Å². The zero-order valence-electron chi connectivity index (χ0n) is 17.0. The second kappa shape index (κ2) is 7.79. The molecule has 5 heterocycles. The Labute approximate surface area is 187 Å². The molecule has 2 aliphatic rings. The number of thiophene rings is 1. The zero-order chi connectivity index (χ0) is 21.5. The third-order valence-electron chi connectivity index (χ3n) is 5.70. The summed E-state index contributed by atoms with van der Waals surface area (Å²) in [5.74, 6) is 2.22. The molecule has 32 heavy (non-hydrogen) atoms. The molecule has 1 amide bonds. The molecule has 1 N–H and O–H groups in total. The van der Waals surface area contributed by atoms with Crippen molar-refractivity contribution >= 4 is 17.2 Å². The summed E-state index contributed by atoms with van der Waals surface area (Å²) in [6.45, 7) is 1.41. The molecule has 3 aromatic heterocycles. The van der Waals surface area contributed by atoms with Gasteiger partial charge in [-0.05, 0) is 48.6 Å². The summed E-state index contributed by atoms with van der Waals surface area (Å²) < 4.78 is 16.8. The van der Waals surface area contributed by atoms with Gasteiger partial charge in [0.15, 0.2) is 17.2 Å². The van der Waals surface area contributed by atoms with Gasteiger partial charge in [0.1, 0.15) is 0 Å². The summed E-state index contributed by atoms with van der Waals surface area (Å²) in [6, 6.07) is 11.3. The Hall–Kier alpha value is -3.66. The number of fused-ring (bicyclic) bond motifs is 1. The number of hydrogen-bond acceptors (Lipinski definition) is 8. The first-order valence-electron chi connectivity index (χ1n) is 10.4. The van der Waals surface area contributed by atoms with Gasteiger partial charge in [-0.15, -0.1) is 21.5 Å². The lowest BCUT2D eigenvalue weighted by Crippen LogP contribution is -2.39. The quantitative estimate of drug-likeness (QED) is 0.503. The molecule has 1 unspecified atom stereocenters. The monoisotopic (exact) mass is 449 g/mol. The van der Waals surface area contributed by atoms with Gasteiger partial charge in [0.2, 0.25) is 18.6 Å². The predicted molar refractivity (Wildman–Crippen MR) is 116 cm³/mol. The Morgan fingerprint density at radius 1 is 1.16 bits per heavy atom. The highest BCUT2D eigenvalue weighted by atomic mass is 32.1. The van der Waals surface area contributed by atoms with Crippen LogP contribution in [0.25, 0.3) is 22.0 Å². The number of likely N-dealkylation sites (tertiary alicyclic amines) is 1. The fourth-order valence-corrected chi connectivity index (χ4v) is 4.75. The minimum Gasteiger partial charge on any atom is -0.454 e. The number of hydrogen-bond donors (Lipinski definition) is 1. The SMILES string of the molecule is O=C(c1cc(-c2cccs2)[nH]n1)N1CCCC(c2nnc(-c3ccc4c(c3)OCO4)o2)C1. The predicted octanol–water partition coefficient (Wildman–Crippen LogP) is 3.94. The van der Waals surface area contributed by atoms with Gasteiger partial charge in [0, 0.05) is 18.7 Å². The number of aromatic nitrogens is 4. The molecule has 0 saturated carbocycles. The molecule has 0 bridgehead atoms. The molecule has 1 saturated heterocycles. The summed E-state index contributed by atoms with van der Waals surface area (Å²) in [5.41, 5.74) is 2.04. The molecule has 1 aromatic carbocycles. The number of amides is 1. The smallest absolute Gasteiger partial charge is 0.274 e. The zero-order valence-corrected chi connectivity index (χ0v) is 17.8. The van der Waals surface area contributed by atoms with Crippen LogP contribution in [-0.2, 0) is 0 Å². The van der Waals surface area contributed by atoms with Gasteiger partial charge >= 0.3 is 0 Å². The summed E-state index contributed by atoms with van der Waals surface area (Å²) in [7, 11) is 0. The maximum Gasteiger partial charge on any atom is 0.274 e. The Balaban J connectivity index is 1.18. The highest BCUT2D eigenvalue weighted by Gasteiger charge is 2.30. The van der Waals surface area contributed by atoms with E-state index in [1.54, 1.807) is 11.3 Å². The highest BCUT2D eigenvalue weighted by Crippen LogP contribution is 2.36. The molecule has 162 valence electrons. The second-order valence-corrected chi connectivity index (χ2v) is 8.70. The highest BCUT2D eigenvalue weighted by molar-refractivity contribution is 7.13. The van der Waals surface area contributed by atoms with Crippen LogP contribution >= 0.6 is 11.3 Å². The minimum absolute atomic E-state index is 0.0151. The topological polar surface area (TPSA) is 106 Å². The lowest BCUT2D eigenvalue weighted by molar-refractivity contribution is 0.0692. The molecule has 0 aliphatic carbocycles. The van der Waals surface area contributed by atoms with Gasteiger partial charge in [0.05, 0.1) is 16.5 Å². The van der Waals surface area contributed by atoms with Gasteiger partial charge in [-0.25, -0.2) is 0 Å². The number of nitrogens with zero attached hydrogens (tertiary/aromatic N) is 4. The van der Waals surface area contributed by atoms with E-state index in [-0.39, 0.29) is 18.6 Å². The third-order valence-corrected chi connectivity index (χ3v) is 6.60. The molecule has 6 rings (SSSR count). The number of piperidine rings is 1. The van der Waals surface area contributed by atoms with Crippen LogP contribution in [0.4, 0.5) is 0 Å². The molecular weight excluding hydrogens is 430 g/mol. The number of rotatable bonds is 4. The standard InChI is InChI=1S/C22H19N5O4S/c28-22(16-10-15(23-24-16)19-4-2-8-32-19)27-7-1-3-14(11-27)21-26-25-20(31-21)13-5-6-17-18(9-13)30-12-29-17/h2,4-6,8-10,14H,1,3,7,11-12H2,(H,23,24). The van der Waals surface area contributed by atoms with Gasteiger partial charge in [0.25, 0.3) is 5.91 Å². The second-order valence-electron chi connectivity index (χ2n) is 7.75. The van der Waals surface area contributed by atoms with E-state index >= 15 is 0 Å². The number of carbonyl (C=O) groups excluding carboxylic acids is 1. The fourth-order valence-electron chi connectivity index (χ4n) is 4.06. The van der Waals surface area contributed by atoms with Gasteiger partial charge < -0.3 is 18.8 Å². The Morgan fingerprint density at radius 2 is 2.09 bits per heavy atom. The molecule has 0 radical (unpaired) electrons. The number of carbonyl (C=O) groups is 1. The summed E-state index contributed by atoms with van der Waals surface area (Å²) in [6.07, 6.45) is 1.74. The molecule has 1 fully saturated rings. The summed E-state index contributed by atoms with van der Waals surface area (Å²) in [5, 5.41) is 17.7. The number of nitrogens with one attached hydrogen (secondary N) is 1. The van der Waals surface area contributed by atoms with Crippen molar-refractivity contribution in [3.63, 3.8) is 0 Å². The van der Waals surface area contributed by atoms with Crippen LogP contribution in [-0.4, -0.2) is 51.1 Å². The van der Waals surface area contributed by atoms with E-state index in [1.807, 2.05) is 46.7 Å². The average Bonchev–Trinajstić information content (AvgIpc) is 3.64. The van der Waals surface area contributed by atoms with Crippen molar-refractivity contribution in [2.24, 2.45) is 0 Å². The summed E-state index contributed by atoms with van der Waals surface area (Å²) >= 11 is 1.60. The van der Waals surface area contributed by atoms with Crippen LogP contribution in [0.3, 0.4) is 0 Å². The molecule has 0 spiro atoms. The van der Waals surface area contributed by atoms with Crippen LogP contribution in [0, 0.1) is 0 Å². The Morgan fingerprint density at radius 3 is 3.00 bits per heavy atom. The summed E-state index contributed by atoms with van der Waals surface area (Å²) in [4.78, 5) is 15.9. The third kappa shape index (κ3) is 3.42. The van der Waals surface area contributed by atoms with E-state index < -0.39 is 0 Å². The molecule has 1 atom stereocenters. The van der Waals surface area contributed by atoms with Crippen LogP contribution in [0.1, 0.15) is 35.1 Å². The van der Waals surface area contributed by atoms with Gasteiger partial charge in [-0.3, -0.25) is 9.89 Å². The molecule has 10 heteroatoms. The lowest BCUT2D eigenvalue weighted by Gasteiger charge is -2.30. The van der Waals surface area contributed by atoms with Gasteiger partial charge in [-0.2, -0.15) is 5.10 Å². The van der Waals surface area contributed by atoms with E-state index in [0.717, 1.165) is 29.0 Å². The largest absolute Gasteiger partial charge is 0.454 e. The first-order chi connectivity index (χ1) is 15.7. The minimum atomic E-state index is -0.0933. The van der Waals surface area contributed by atoms with E-state index in [1.165, 1.54) is 0 Å². The van der Waals surface area contributed by atoms with Crippen molar-refractivity contribution in [3.05, 3.63) is 53.4 Å². The number of benzene rings is 1. The van der Waals surface area contributed by atoms with Crippen LogP contribution in [0.15, 0.2) is 46.2 Å². The molecule has 9 nitrogen and oxygen atoms in total. The van der Waals surface area contributed by atoms with E-state index in [2.05, 4.69) is 20.4 Å². The Bertz CT molecular complexity index is 1270. The van der Waals surface area contributed by atoms with Crippen LogP contribution < -0.4 is 9.47 Å². The maximum absolute atomic E-state index is 13.0. The molecule has 4 aromatic rings. The van der Waals surface area contributed by atoms with Crippen molar-refractivity contribution in [1.29, 1.82) is 0 Å². The van der Waals surface area contributed by atoms with Crippen LogP contribution in [0.2, 0.25) is 0 Å². The van der Waals surface area contributed by atoms with Crippen molar-refractivity contribution in [2.75, 3.05) is 19.9 Å². The van der Waals surface area contributed by atoms with E-state index in [0.29, 0.717) is 42.1 Å². The lowest BCUT2D eigenvalue weighted by atomic mass is 9.98. The van der Waals surface area contributed by atoms with E-state index in [9.17, 15) is 4.79 Å². The van der Waals surface area contributed by atoms with Gasteiger partial charge in [-0.1, -0.05) is 6.07 Å². The fraction of sp³-hybridized carbons (Fsp3) is 0.273. The molecular formula is C22H19N5O4S. The average molecular weight is 449 g/mol. The van der Waals surface area contributed by atoms with Crippen LogP contribution in [0.5, 0.6) is 11.5 Å². The molecule has 2 aliphatic heterocycles. The number of H-pyrrole nitrogens is 1. The maximum atomic E-state index is 13.0. The first kappa shape index (κ1) is 19.1. The van der Waals surface area contributed by atoms with Crippen molar-refractivity contribution in [2.45, 2.75) is 18.8 Å².